The van der Waals surface area contributed by atoms with Crippen molar-refractivity contribution in [1.29, 1.82) is 0 Å². The first-order valence-corrected chi connectivity index (χ1v) is 6.76. The predicted molar refractivity (Wildman–Crippen MR) is 76.4 cm³/mol. The first kappa shape index (κ1) is 15.5. The van der Waals surface area contributed by atoms with E-state index in [1.807, 2.05) is 6.92 Å². The highest BCUT2D eigenvalue weighted by Gasteiger charge is 2.14. The van der Waals surface area contributed by atoms with Gasteiger partial charge >= 0.3 is 0 Å². The molecule has 0 aromatic heterocycles. The van der Waals surface area contributed by atoms with Gasteiger partial charge in [-0.25, -0.2) is 4.39 Å². The molecule has 1 unspecified atom stereocenters. The van der Waals surface area contributed by atoms with Crippen molar-refractivity contribution in [3.8, 4) is 0 Å². The summed E-state index contributed by atoms with van der Waals surface area (Å²) in [5.74, 6) is -0.280. The van der Waals surface area contributed by atoms with Crippen LogP contribution in [-0.4, -0.2) is 11.9 Å². The molecule has 0 spiro atoms. The van der Waals surface area contributed by atoms with Gasteiger partial charge in [0.25, 0.3) is 5.91 Å². The Bertz CT molecular complexity index is 432. The molecule has 19 heavy (non-hydrogen) atoms. The van der Waals surface area contributed by atoms with Crippen molar-refractivity contribution in [2.45, 2.75) is 46.1 Å². The molecule has 1 amide bonds. The molecular formula is C15H23FN2O. The smallest absolute Gasteiger partial charge is 0.254 e. The number of benzene rings is 1. The minimum Gasteiger partial charge on any atom is -0.399 e. The second kappa shape index (κ2) is 7.12. The summed E-state index contributed by atoms with van der Waals surface area (Å²) in [6.45, 7) is 6.28. The van der Waals surface area contributed by atoms with Crippen molar-refractivity contribution < 1.29 is 9.18 Å². The molecule has 0 aliphatic rings. The number of carbonyl (C=O) groups is 1. The molecule has 3 nitrogen and oxygen atoms in total. The highest BCUT2D eigenvalue weighted by atomic mass is 19.1. The Morgan fingerprint density at radius 1 is 1.32 bits per heavy atom. The van der Waals surface area contributed by atoms with Crippen molar-refractivity contribution in [2.75, 3.05) is 5.73 Å². The molecule has 0 aliphatic carbocycles. The van der Waals surface area contributed by atoms with Gasteiger partial charge < -0.3 is 11.1 Å². The van der Waals surface area contributed by atoms with E-state index in [1.165, 1.54) is 18.2 Å². The molecular weight excluding hydrogens is 243 g/mol. The number of anilines is 1. The van der Waals surface area contributed by atoms with Gasteiger partial charge in [-0.3, -0.25) is 4.79 Å². The Morgan fingerprint density at radius 2 is 2.00 bits per heavy atom. The zero-order chi connectivity index (χ0) is 14.4. The molecule has 0 aliphatic heterocycles. The van der Waals surface area contributed by atoms with Gasteiger partial charge in [-0.1, -0.05) is 26.7 Å². The molecule has 3 N–H and O–H groups in total. The summed E-state index contributed by atoms with van der Waals surface area (Å²) in [7, 11) is 0. The van der Waals surface area contributed by atoms with Crippen LogP contribution in [0.15, 0.2) is 18.2 Å². The van der Waals surface area contributed by atoms with Crippen LogP contribution >= 0.6 is 0 Å². The molecule has 0 fully saturated rings. The number of amides is 1. The van der Waals surface area contributed by atoms with E-state index in [4.69, 9.17) is 5.73 Å². The Balaban J connectivity index is 2.52. The van der Waals surface area contributed by atoms with Crippen molar-refractivity contribution >= 4 is 11.6 Å². The average Bonchev–Trinajstić information content (AvgIpc) is 2.31. The molecule has 1 atom stereocenters. The lowest BCUT2D eigenvalue weighted by Crippen LogP contribution is -2.33. The zero-order valence-corrected chi connectivity index (χ0v) is 11.9. The molecule has 1 aromatic carbocycles. The first-order valence-electron chi connectivity index (χ1n) is 6.76. The lowest BCUT2D eigenvalue weighted by molar-refractivity contribution is 0.0934. The fourth-order valence-electron chi connectivity index (χ4n) is 1.92. The highest BCUT2D eigenvalue weighted by molar-refractivity contribution is 5.95. The number of nitrogens with two attached hydrogens (primary N) is 1. The van der Waals surface area contributed by atoms with Crippen LogP contribution in [0.1, 0.15) is 50.4 Å². The van der Waals surface area contributed by atoms with Gasteiger partial charge in [0.15, 0.2) is 0 Å². The van der Waals surface area contributed by atoms with Crippen LogP contribution in [0.25, 0.3) is 0 Å². The van der Waals surface area contributed by atoms with Gasteiger partial charge in [0, 0.05) is 11.7 Å². The summed E-state index contributed by atoms with van der Waals surface area (Å²) < 4.78 is 13.5. The third-order valence-corrected chi connectivity index (χ3v) is 3.03. The number of hydrogen-bond donors (Lipinski definition) is 2. The SMILES string of the molecule is CC(C)CCCC(C)NC(=O)c1cc(N)ccc1F. The predicted octanol–water partition coefficient (Wildman–Crippen LogP) is 3.35. The molecule has 1 rings (SSSR count). The summed E-state index contributed by atoms with van der Waals surface area (Å²) >= 11 is 0. The van der Waals surface area contributed by atoms with E-state index in [9.17, 15) is 9.18 Å². The van der Waals surface area contributed by atoms with Crippen molar-refractivity contribution in [3.63, 3.8) is 0 Å². The Kier molecular flexibility index (Phi) is 5.80. The lowest BCUT2D eigenvalue weighted by Gasteiger charge is -2.15. The van der Waals surface area contributed by atoms with Crippen molar-refractivity contribution in [2.24, 2.45) is 5.92 Å². The monoisotopic (exact) mass is 266 g/mol. The van der Waals surface area contributed by atoms with Crippen molar-refractivity contribution in [3.05, 3.63) is 29.6 Å². The summed E-state index contributed by atoms with van der Waals surface area (Å²) in [6, 6.07) is 4.06. The van der Waals surface area contributed by atoms with Gasteiger partial charge in [-0.2, -0.15) is 0 Å². The fourth-order valence-corrected chi connectivity index (χ4v) is 1.92. The Hall–Kier alpha value is -1.58. The standard InChI is InChI=1S/C15H23FN2O/c1-10(2)5-4-6-11(3)18-15(19)13-9-12(17)7-8-14(13)16/h7-11H,4-6,17H2,1-3H3,(H,18,19). The van der Waals surface area contributed by atoms with E-state index in [0.29, 0.717) is 11.6 Å². The summed E-state index contributed by atoms with van der Waals surface area (Å²) in [6.07, 6.45) is 3.08. The summed E-state index contributed by atoms with van der Waals surface area (Å²) in [5.41, 5.74) is 5.96. The van der Waals surface area contributed by atoms with Gasteiger partial charge in [0.1, 0.15) is 5.82 Å². The van der Waals surface area contributed by atoms with E-state index in [2.05, 4.69) is 19.2 Å². The van der Waals surface area contributed by atoms with Crippen molar-refractivity contribution in [1.82, 2.24) is 5.32 Å². The van der Waals surface area contributed by atoms with Gasteiger partial charge in [0.05, 0.1) is 5.56 Å². The van der Waals surface area contributed by atoms with Crippen LogP contribution in [0.2, 0.25) is 0 Å². The Labute approximate surface area is 114 Å². The van der Waals surface area contributed by atoms with Crippen LogP contribution in [-0.2, 0) is 0 Å². The molecule has 0 saturated heterocycles. The normalized spacial score (nSPS) is 12.5. The van der Waals surface area contributed by atoms with Crippen LogP contribution in [0.3, 0.4) is 0 Å². The molecule has 0 bridgehead atoms. The Morgan fingerprint density at radius 3 is 2.63 bits per heavy atom. The van der Waals surface area contributed by atoms with Crippen LogP contribution in [0.4, 0.5) is 10.1 Å². The third kappa shape index (κ3) is 5.28. The van der Waals surface area contributed by atoms with Crippen LogP contribution in [0, 0.1) is 11.7 Å². The molecule has 1 aromatic rings. The molecule has 0 saturated carbocycles. The van der Waals surface area contributed by atoms with E-state index in [1.54, 1.807) is 0 Å². The number of carbonyl (C=O) groups excluding carboxylic acids is 1. The number of halogens is 1. The third-order valence-electron chi connectivity index (χ3n) is 3.03. The highest BCUT2D eigenvalue weighted by Crippen LogP contribution is 2.13. The van der Waals surface area contributed by atoms with E-state index in [0.717, 1.165) is 19.3 Å². The number of nitrogen functional groups attached to an aromatic ring is 1. The number of rotatable bonds is 6. The molecule has 4 heteroatoms. The van der Waals surface area contributed by atoms with Gasteiger partial charge in [-0.15, -0.1) is 0 Å². The zero-order valence-electron chi connectivity index (χ0n) is 11.9. The summed E-state index contributed by atoms with van der Waals surface area (Å²) in [5, 5.41) is 2.80. The maximum atomic E-state index is 13.5. The molecule has 0 radical (unpaired) electrons. The largest absolute Gasteiger partial charge is 0.399 e. The van der Waals surface area contributed by atoms with E-state index in [-0.39, 0.29) is 11.6 Å². The quantitative estimate of drug-likeness (QED) is 0.776. The molecule has 106 valence electrons. The maximum absolute atomic E-state index is 13.5. The van der Waals surface area contributed by atoms with Gasteiger partial charge in [0.2, 0.25) is 0 Å². The topological polar surface area (TPSA) is 55.1 Å². The second-order valence-electron chi connectivity index (χ2n) is 5.44. The van der Waals surface area contributed by atoms with Gasteiger partial charge in [-0.05, 0) is 37.5 Å². The summed E-state index contributed by atoms with van der Waals surface area (Å²) in [4.78, 5) is 11.9. The van der Waals surface area contributed by atoms with E-state index >= 15 is 0 Å². The van der Waals surface area contributed by atoms with Crippen LogP contribution in [0.5, 0.6) is 0 Å². The van der Waals surface area contributed by atoms with Crippen LogP contribution < -0.4 is 11.1 Å². The number of hydrogen-bond acceptors (Lipinski definition) is 2. The average molecular weight is 266 g/mol. The van der Waals surface area contributed by atoms with E-state index < -0.39 is 11.7 Å². The second-order valence-corrected chi connectivity index (χ2v) is 5.44. The minimum absolute atomic E-state index is 0.00992. The fraction of sp³-hybridized carbons (Fsp3) is 0.533. The lowest BCUT2D eigenvalue weighted by atomic mass is 10.0. The number of nitrogens with one attached hydrogen (secondary N) is 1. The minimum atomic E-state index is -0.541. The maximum Gasteiger partial charge on any atom is 0.254 e. The first-order chi connectivity index (χ1) is 8.90. The molecule has 0 heterocycles.